The number of benzene rings is 2. The van der Waals surface area contributed by atoms with Gasteiger partial charge in [-0.25, -0.2) is 8.78 Å². The van der Waals surface area contributed by atoms with E-state index in [1.807, 2.05) is 44.7 Å². The number of carbonyl (C=O) groups excluding carboxylic acids is 1. The van der Waals surface area contributed by atoms with Gasteiger partial charge in [0, 0.05) is 56.3 Å². The van der Waals surface area contributed by atoms with Crippen LogP contribution < -0.4 is 0 Å². The molecule has 3 aliphatic heterocycles. The molecule has 2 saturated heterocycles. The lowest BCUT2D eigenvalue weighted by Crippen LogP contribution is -2.48. The molecule has 0 saturated carbocycles. The second-order valence-electron chi connectivity index (χ2n) is 12.5. The summed E-state index contributed by atoms with van der Waals surface area (Å²) in [6.45, 7) is 10.1. The van der Waals surface area contributed by atoms with Crippen LogP contribution in [0.4, 0.5) is 8.78 Å². The average Bonchev–Trinajstić information content (AvgIpc) is 3.50. The standard InChI is InChI=1S/C32H38ClF2N3O3/c1-19-12-23-26(14-27(19)33)32(41-29(23)31(3,4)18-36)8-10-37(11-9-32)30(39)25-16-38(20(2)17-40-5)15-24(25)22-7-6-21(34)13-28(22)35/h6-7,12-14,20,24-25,29H,8-11,15-17H2,1-5H3/t20?,24-,25+,29-/m0/s1. The van der Waals surface area contributed by atoms with Gasteiger partial charge in [-0.3, -0.25) is 9.69 Å². The van der Waals surface area contributed by atoms with Crippen LogP contribution in [-0.4, -0.2) is 61.6 Å². The topological polar surface area (TPSA) is 65.8 Å². The Morgan fingerprint density at radius 3 is 2.56 bits per heavy atom. The van der Waals surface area contributed by atoms with Crippen molar-refractivity contribution in [1.82, 2.24) is 9.80 Å². The Hall–Kier alpha value is -2.57. The molecule has 1 amide bonds. The summed E-state index contributed by atoms with van der Waals surface area (Å²) >= 11 is 6.56. The molecule has 2 aromatic carbocycles. The van der Waals surface area contributed by atoms with E-state index in [0.29, 0.717) is 56.2 Å². The van der Waals surface area contributed by atoms with Gasteiger partial charge in [-0.05, 0) is 74.9 Å². The summed E-state index contributed by atoms with van der Waals surface area (Å²) in [5.41, 5.74) is 1.91. The lowest BCUT2D eigenvalue weighted by atomic mass is 9.79. The predicted molar refractivity (Wildman–Crippen MR) is 152 cm³/mol. The molecule has 3 aliphatic rings. The number of rotatable bonds is 6. The zero-order valence-corrected chi connectivity index (χ0v) is 25.1. The molecule has 220 valence electrons. The molecule has 0 aliphatic carbocycles. The van der Waals surface area contributed by atoms with Crippen LogP contribution in [0, 0.1) is 41.2 Å². The number of nitrogens with zero attached hydrogens (tertiary/aromatic N) is 3. The number of aryl methyl sites for hydroxylation is 1. The Labute approximate surface area is 246 Å². The van der Waals surface area contributed by atoms with Crippen LogP contribution >= 0.6 is 11.6 Å². The Bertz CT molecular complexity index is 1370. The van der Waals surface area contributed by atoms with E-state index in [0.717, 1.165) is 22.8 Å². The average molecular weight is 586 g/mol. The van der Waals surface area contributed by atoms with Gasteiger partial charge in [-0.15, -0.1) is 0 Å². The maximum atomic E-state index is 15.0. The molecule has 1 unspecified atom stereocenters. The summed E-state index contributed by atoms with van der Waals surface area (Å²) in [7, 11) is 1.63. The largest absolute Gasteiger partial charge is 0.383 e. The monoisotopic (exact) mass is 585 g/mol. The van der Waals surface area contributed by atoms with Gasteiger partial charge in [-0.2, -0.15) is 5.26 Å². The fourth-order valence-electron chi connectivity index (χ4n) is 6.88. The molecule has 0 radical (unpaired) electrons. The van der Waals surface area contributed by atoms with Gasteiger partial charge in [0.2, 0.25) is 5.91 Å². The summed E-state index contributed by atoms with van der Waals surface area (Å²) in [5, 5.41) is 10.6. The first kappa shape index (κ1) is 29.9. The third kappa shape index (κ3) is 5.38. The minimum Gasteiger partial charge on any atom is -0.383 e. The second kappa shape index (κ2) is 11.3. The SMILES string of the molecule is COCC(C)N1C[C@@H](C(=O)N2CCC3(CC2)O[C@H](C(C)(C)C#N)c2cc(C)c(Cl)cc23)[C@H](c2ccc(F)cc2F)C1. The van der Waals surface area contributed by atoms with Crippen molar-refractivity contribution in [2.75, 3.05) is 39.9 Å². The number of methoxy groups -OCH3 is 1. The Balaban J connectivity index is 1.39. The van der Waals surface area contributed by atoms with Crippen LogP contribution in [0.25, 0.3) is 0 Å². The Morgan fingerprint density at radius 1 is 1.22 bits per heavy atom. The number of fused-ring (bicyclic) bond motifs is 2. The number of ether oxygens (including phenoxy) is 2. The molecule has 2 fully saturated rings. The van der Waals surface area contributed by atoms with Gasteiger partial charge in [0.1, 0.15) is 17.7 Å². The van der Waals surface area contributed by atoms with Crippen LogP contribution in [0.3, 0.4) is 0 Å². The van der Waals surface area contributed by atoms with Gasteiger partial charge in [0.15, 0.2) is 0 Å². The van der Waals surface area contributed by atoms with Gasteiger partial charge in [0.25, 0.3) is 0 Å². The zero-order valence-electron chi connectivity index (χ0n) is 24.3. The number of hydrogen-bond acceptors (Lipinski definition) is 5. The van der Waals surface area contributed by atoms with E-state index in [4.69, 9.17) is 21.1 Å². The molecule has 5 rings (SSSR count). The van der Waals surface area contributed by atoms with Crippen LogP contribution in [0.5, 0.6) is 0 Å². The van der Waals surface area contributed by atoms with Crippen molar-refractivity contribution in [3.63, 3.8) is 0 Å². The highest BCUT2D eigenvalue weighted by Crippen LogP contribution is 2.55. The molecule has 3 heterocycles. The fourth-order valence-corrected chi connectivity index (χ4v) is 7.04. The number of halogens is 3. The van der Waals surface area contributed by atoms with E-state index < -0.39 is 40.6 Å². The fraction of sp³-hybridized carbons (Fsp3) is 0.562. The van der Waals surface area contributed by atoms with Gasteiger partial charge in [0.05, 0.1) is 29.6 Å². The lowest BCUT2D eigenvalue weighted by molar-refractivity contribution is -0.152. The first-order valence-electron chi connectivity index (χ1n) is 14.3. The second-order valence-corrected chi connectivity index (χ2v) is 12.9. The number of carbonyl (C=O) groups is 1. The highest BCUT2D eigenvalue weighted by Gasteiger charge is 2.52. The summed E-state index contributed by atoms with van der Waals surface area (Å²) in [5.74, 6) is -2.16. The van der Waals surface area contributed by atoms with Gasteiger partial charge in [-0.1, -0.05) is 23.7 Å². The number of amides is 1. The molecule has 2 aromatic rings. The molecule has 41 heavy (non-hydrogen) atoms. The minimum absolute atomic E-state index is 0.0326. The normalized spacial score (nSPS) is 24.9. The zero-order chi connectivity index (χ0) is 29.7. The smallest absolute Gasteiger partial charge is 0.227 e. The highest BCUT2D eigenvalue weighted by atomic mass is 35.5. The summed E-state index contributed by atoms with van der Waals surface area (Å²) in [4.78, 5) is 18.1. The molecule has 9 heteroatoms. The van der Waals surface area contributed by atoms with Crippen molar-refractivity contribution in [1.29, 1.82) is 5.26 Å². The van der Waals surface area contributed by atoms with Crippen molar-refractivity contribution in [2.24, 2.45) is 11.3 Å². The van der Waals surface area contributed by atoms with Crippen LogP contribution in [0.15, 0.2) is 30.3 Å². The maximum Gasteiger partial charge on any atom is 0.227 e. The molecular formula is C32H38ClF2N3O3. The first-order valence-corrected chi connectivity index (χ1v) is 14.6. The summed E-state index contributed by atoms with van der Waals surface area (Å²) in [6.07, 6.45) is 0.724. The molecule has 0 aromatic heterocycles. The van der Waals surface area contributed by atoms with Crippen molar-refractivity contribution in [3.05, 3.63) is 69.2 Å². The van der Waals surface area contributed by atoms with Crippen molar-refractivity contribution >= 4 is 17.5 Å². The van der Waals surface area contributed by atoms with E-state index in [9.17, 15) is 18.8 Å². The van der Waals surface area contributed by atoms with E-state index in [2.05, 4.69) is 11.0 Å². The van der Waals surface area contributed by atoms with E-state index in [1.165, 1.54) is 12.1 Å². The number of nitriles is 1. The van der Waals surface area contributed by atoms with E-state index in [1.54, 1.807) is 7.11 Å². The van der Waals surface area contributed by atoms with Crippen LogP contribution in [0.2, 0.25) is 5.02 Å². The number of piperidine rings is 1. The molecule has 6 nitrogen and oxygen atoms in total. The minimum atomic E-state index is -0.746. The number of hydrogen-bond donors (Lipinski definition) is 0. The van der Waals surface area contributed by atoms with Crippen molar-refractivity contribution < 1.29 is 23.0 Å². The Morgan fingerprint density at radius 2 is 1.93 bits per heavy atom. The quantitative estimate of drug-likeness (QED) is 0.409. The van der Waals surface area contributed by atoms with E-state index in [-0.39, 0.29) is 11.9 Å². The van der Waals surface area contributed by atoms with Crippen LogP contribution in [-0.2, 0) is 19.9 Å². The van der Waals surface area contributed by atoms with Crippen molar-refractivity contribution in [3.8, 4) is 6.07 Å². The molecule has 4 atom stereocenters. The Kier molecular flexibility index (Phi) is 8.21. The molecule has 1 spiro atoms. The first-order chi connectivity index (χ1) is 19.4. The van der Waals surface area contributed by atoms with Crippen LogP contribution in [0.1, 0.15) is 67.9 Å². The molecular weight excluding hydrogens is 548 g/mol. The third-order valence-electron chi connectivity index (χ3n) is 9.33. The highest BCUT2D eigenvalue weighted by molar-refractivity contribution is 6.31. The molecule has 0 bridgehead atoms. The van der Waals surface area contributed by atoms with Gasteiger partial charge < -0.3 is 14.4 Å². The number of likely N-dealkylation sites (tertiary alicyclic amines) is 2. The maximum absolute atomic E-state index is 15.0. The molecule has 0 N–H and O–H groups in total. The third-order valence-corrected chi connectivity index (χ3v) is 9.74. The van der Waals surface area contributed by atoms with Crippen molar-refractivity contribution in [2.45, 2.75) is 64.2 Å². The summed E-state index contributed by atoms with van der Waals surface area (Å²) in [6, 6.07) is 10.1. The van der Waals surface area contributed by atoms with Gasteiger partial charge >= 0.3 is 0 Å². The lowest BCUT2D eigenvalue weighted by Gasteiger charge is -2.41. The van der Waals surface area contributed by atoms with E-state index >= 15 is 0 Å². The summed E-state index contributed by atoms with van der Waals surface area (Å²) < 4.78 is 40.8. The predicted octanol–water partition coefficient (Wildman–Crippen LogP) is 6.12.